The number of ether oxygens (including phenoxy) is 2. The summed E-state index contributed by atoms with van der Waals surface area (Å²) >= 11 is 13.5. The molecule has 0 atom stereocenters. The Morgan fingerprint density at radius 1 is 1.38 bits per heavy atom. The SMILES string of the molecule is Cn1c(=NC(=O)C2=COCCO2)sc2cc(Cl)cc(Cl)c21. The van der Waals surface area contributed by atoms with Gasteiger partial charge in [0.25, 0.3) is 0 Å². The number of nitrogens with zero attached hydrogens (tertiary/aromatic N) is 2. The summed E-state index contributed by atoms with van der Waals surface area (Å²) in [7, 11) is 1.79. The average Bonchev–Trinajstić information content (AvgIpc) is 2.76. The molecule has 0 fully saturated rings. The highest BCUT2D eigenvalue weighted by Crippen LogP contribution is 2.29. The lowest BCUT2D eigenvalue weighted by atomic mass is 10.3. The number of benzene rings is 1. The molecule has 0 radical (unpaired) electrons. The number of halogens is 2. The minimum Gasteiger partial charge on any atom is -0.494 e. The van der Waals surface area contributed by atoms with Crippen molar-refractivity contribution >= 4 is 50.7 Å². The molecule has 2 heterocycles. The van der Waals surface area contributed by atoms with E-state index in [-0.39, 0.29) is 5.76 Å². The highest BCUT2D eigenvalue weighted by Gasteiger charge is 2.15. The van der Waals surface area contributed by atoms with Crippen molar-refractivity contribution in [3.05, 3.63) is 39.0 Å². The van der Waals surface area contributed by atoms with Crippen molar-refractivity contribution in [3.63, 3.8) is 0 Å². The van der Waals surface area contributed by atoms with Crippen LogP contribution in [0.2, 0.25) is 10.0 Å². The van der Waals surface area contributed by atoms with Gasteiger partial charge in [0.2, 0.25) is 5.76 Å². The fourth-order valence-corrected chi connectivity index (χ4v) is 3.75. The standard InChI is InChI=1S/C13H10Cl2N2O3S/c1-17-11-8(15)4-7(14)5-10(11)21-13(17)16-12(18)9-6-19-2-3-20-9/h4-6H,2-3H2,1H3. The Bertz CT molecular complexity index is 823. The molecular formula is C13H10Cl2N2O3S. The molecule has 2 aromatic rings. The molecule has 1 aromatic heterocycles. The second-order valence-electron chi connectivity index (χ2n) is 4.30. The van der Waals surface area contributed by atoms with Gasteiger partial charge in [0.15, 0.2) is 4.80 Å². The number of hydrogen-bond donors (Lipinski definition) is 0. The first-order valence-corrected chi connectivity index (χ1v) is 7.61. The van der Waals surface area contributed by atoms with Gasteiger partial charge in [0.05, 0.1) is 15.2 Å². The first-order valence-electron chi connectivity index (χ1n) is 6.04. The van der Waals surface area contributed by atoms with Gasteiger partial charge in [-0.3, -0.25) is 4.79 Å². The number of rotatable bonds is 1. The summed E-state index contributed by atoms with van der Waals surface area (Å²) in [6, 6.07) is 3.45. The molecule has 0 aliphatic carbocycles. The Morgan fingerprint density at radius 3 is 2.90 bits per heavy atom. The van der Waals surface area contributed by atoms with Crippen molar-refractivity contribution in [1.82, 2.24) is 4.57 Å². The molecule has 0 unspecified atom stereocenters. The Balaban J connectivity index is 2.10. The molecule has 1 aliphatic heterocycles. The predicted octanol–water partition coefficient (Wildman–Crippen LogP) is 2.86. The van der Waals surface area contributed by atoms with Gasteiger partial charge in [0, 0.05) is 12.1 Å². The van der Waals surface area contributed by atoms with Crippen LogP contribution < -0.4 is 4.80 Å². The highest BCUT2D eigenvalue weighted by molar-refractivity contribution is 7.16. The molecule has 1 aromatic carbocycles. The van der Waals surface area contributed by atoms with Crippen LogP contribution in [0.5, 0.6) is 0 Å². The summed E-state index contributed by atoms with van der Waals surface area (Å²) < 4.78 is 12.9. The summed E-state index contributed by atoms with van der Waals surface area (Å²) in [6.45, 7) is 0.772. The second kappa shape index (κ2) is 5.71. The van der Waals surface area contributed by atoms with Crippen LogP contribution >= 0.6 is 34.5 Å². The molecule has 0 saturated carbocycles. The van der Waals surface area contributed by atoms with Crippen molar-refractivity contribution in [3.8, 4) is 0 Å². The van der Waals surface area contributed by atoms with Gasteiger partial charge in [-0.25, -0.2) is 0 Å². The molecule has 0 bridgehead atoms. The van der Waals surface area contributed by atoms with Gasteiger partial charge >= 0.3 is 5.91 Å². The zero-order valence-electron chi connectivity index (χ0n) is 10.9. The van der Waals surface area contributed by atoms with Gasteiger partial charge < -0.3 is 14.0 Å². The van der Waals surface area contributed by atoms with Crippen LogP contribution in [-0.4, -0.2) is 23.7 Å². The molecular weight excluding hydrogens is 335 g/mol. The van der Waals surface area contributed by atoms with Gasteiger partial charge in [-0.1, -0.05) is 34.5 Å². The summed E-state index contributed by atoms with van der Waals surface area (Å²) in [5.41, 5.74) is 0.785. The smallest absolute Gasteiger partial charge is 0.317 e. The van der Waals surface area contributed by atoms with E-state index in [1.54, 1.807) is 23.7 Å². The molecule has 110 valence electrons. The normalized spacial score (nSPS) is 15.6. The third-order valence-corrected chi connectivity index (χ3v) is 4.46. The van der Waals surface area contributed by atoms with Crippen LogP contribution in [0.15, 0.2) is 29.1 Å². The quantitative estimate of drug-likeness (QED) is 0.799. The van der Waals surface area contributed by atoms with E-state index in [2.05, 4.69) is 4.99 Å². The summed E-state index contributed by atoms with van der Waals surface area (Å²) in [4.78, 5) is 16.6. The molecule has 1 aliphatic rings. The molecule has 5 nitrogen and oxygen atoms in total. The van der Waals surface area contributed by atoms with Crippen molar-refractivity contribution in [1.29, 1.82) is 0 Å². The van der Waals surface area contributed by atoms with E-state index in [0.29, 0.717) is 28.1 Å². The minimum absolute atomic E-state index is 0.0998. The predicted molar refractivity (Wildman–Crippen MR) is 81.4 cm³/mol. The molecule has 3 rings (SSSR count). The van der Waals surface area contributed by atoms with E-state index >= 15 is 0 Å². The maximum atomic E-state index is 12.0. The monoisotopic (exact) mass is 344 g/mol. The van der Waals surface area contributed by atoms with Crippen molar-refractivity contribution < 1.29 is 14.3 Å². The molecule has 0 spiro atoms. The zero-order chi connectivity index (χ0) is 15.0. The Labute approximate surface area is 134 Å². The lowest BCUT2D eigenvalue weighted by molar-refractivity contribution is -0.119. The van der Waals surface area contributed by atoms with Crippen LogP contribution in [0.3, 0.4) is 0 Å². The minimum atomic E-state index is -0.487. The summed E-state index contributed by atoms with van der Waals surface area (Å²) in [5.74, 6) is -0.387. The first kappa shape index (κ1) is 14.4. The fourth-order valence-electron chi connectivity index (χ4n) is 1.93. The molecule has 8 heteroatoms. The van der Waals surface area contributed by atoms with E-state index < -0.39 is 5.91 Å². The Hall–Kier alpha value is -1.50. The van der Waals surface area contributed by atoms with Gasteiger partial charge in [-0.15, -0.1) is 0 Å². The lowest BCUT2D eigenvalue weighted by Crippen LogP contribution is -2.18. The lowest BCUT2D eigenvalue weighted by Gasteiger charge is -2.12. The second-order valence-corrected chi connectivity index (χ2v) is 6.15. The van der Waals surface area contributed by atoms with Gasteiger partial charge in [-0.05, 0) is 12.1 Å². The summed E-state index contributed by atoms with van der Waals surface area (Å²) in [5, 5.41) is 1.06. The maximum Gasteiger partial charge on any atom is 0.317 e. The number of carbonyl (C=O) groups is 1. The van der Waals surface area contributed by atoms with E-state index in [9.17, 15) is 4.79 Å². The average molecular weight is 345 g/mol. The number of aromatic nitrogens is 1. The Kier molecular flexibility index (Phi) is 3.93. The van der Waals surface area contributed by atoms with Crippen LogP contribution in [-0.2, 0) is 21.3 Å². The topological polar surface area (TPSA) is 52.8 Å². The highest BCUT2D eigenvalue weighted by atomic mass is 35.5. The number of thiazole rings is 1. The van der Waals surface area contributed by atoms with Crippen LogP contribution in [0.1, 0.15) is 0 Å². The number of carbonyl (C=O) groups excluding carboxylic acids is 1. The van der Waals surface area contributed by atoms with Crippen molar-refractivity contribution in [2.75, 3.05) is 13.2 Å². The van der Waals surface area contributed by atoms with E-state index in [0.717, 1.165) is 10.2 Å². The van der Waals surface area contributed by atoms with Crippen LogP contribution in [0.25, 0.3) is 10.2 Å². The number of amides is 1. The number of fused-ring (bicyclic) bond motifs is 1. The summed E-state index contributed by atoms with van der Waals surface area (Å²) in [6.07, 6.45) is 1.28. The fraction of sp³-hybridized carbons (Fsp3) is 0.231. The van der Waals surface area contributed by atoms with Crippen molar-refractivity contribution in [2.24, 2.45) is 12.0 Å². The van der Waals surface area contributed by atoms with Crippen LogP contribution in [0, 0.1) is 0 Å². The molecule has 1 amide bonds. The third kappa shape index (κ3) is 2.79. The van der Waals surface area contributed by atoms with E-state index in [1.165, 1.54) is 17.6 Å². The first-order chi connectivity index (χ1) is 10.1. The maximum absolute atomic E-state index is 12.0. The molecule has 21 heavy (non-hydrogen) atoms. The van der Waals surface area contributed by atoms with Gasteiger partial charge in [-0.2, -0.15) is 4.99 Å². The largest absolute Gasteiger partial charge is 0.494 e. The number of aryl methyl sites for hydroxylation is 1. The third-order valence-electron chi connectivity index (χ3n) is 2.87. The number of hydrogen-bond acceptors (Lipinski definition) is 4. The van der Waals surface area contributed by atoms with Crippen LogP contribution in [0.4, 0.5) is 0 Å². The molecule has 0 N–H and O–H groups in total. The molecule has 0 saturated heterocycles. The Morgan fingerprint density at radius 2 is 2.19 bits per heavy atom. The van der Waals surface area contributed by atoms with Gasteiger partial charge in [0.1, 0.15) is 19.5 Å². The van der Waals surface area contributed by atoms with E-state index in [1.807, 2.05) is 0 Å². The zero-order valence-corrected chi connectivity index (χ0v) is 13.3. The van der Waals surface area contributed by atoms with E-state index in [4.69, 9.17) is 32.7 Å². The van der Waals surface area contributed by atoms with Crippen molar-refractivity contribution in [2.45, 2.75) is 0 Å².